The fourth-order valence-corrected chi connectivity index (χ4v) is 3.85. The lowest BCUT2D eigenvalue weighted by molar-refractivity contribution is -0.137. The lowest BCUT2D eigenvalue weighted by Gasteiger charge is -2.39. The second-order valence-electron chi connectivity index (χ2n) is 7.26. The molecule has 0 bridgehead atoms. The van der Waals surface area contributed by atoms with Crippen molar-refractivity contribution in [2.24, 2.45) is 0 Å². The Balaban J connectivity index is 1.89. The maximum atomic E-state index is 13.2. The third-order valence-corrected chi connectivity index (χ3v) is 5.81. The highest BCUT2D eigenvalue weighted by atomic mass is 35.5. The van der Waals surface area contributed by atoms with E-state index in [-0.39, 0.29) is 18.4 Å². The lowest BCUT2D eigenvalue weighted by atomic mass is 9.83. The molecule has 154 valence electrons. The number of aliphatic hydroxyl groups is 1. The van der Waals surface area contributed by atoms with Gasteiger partial charge < -0.3 is 15.7 Å². The molecule has 0 amide bonds. The van der Waals surface area contributed by atoms with Gasteiger partial charge in [-0.25, -0.2) is 4.98 Å². The number of alkyl halides is 3. The van der Waals surface area contributed by atoms with E-state index in [1.54, 1.807) is 13.8 Å². The molecule has 1 aliphatic rings. The van der Waals surface area contributed by atoms with Crippen LogP contribution in [0.1, 0.15) is 40.8 Å². The van der Waals surface area contributed by atoms with Crippen LogP contribution in [0.2, 0.25) is 5.02 Å². The normalized spacial score (nSPS) is 16.6. The Morgan fingerprint density at radius 3 is 2.45 bits per heavy atom. The van der Waals surface area contributed by atoms with Gasteiger partial charge in [0.1, 0.15) is 11.9 Å². The van der Waals surface area contributed by atoms with Crippen LogP contribution in [0, 0.1) is 25.2 Å². The zero-order valence-electron chi connectivity index (χ0n) is 15.9. The van der Waals surface area contributed by atoms with Gasteiger partial charge in [0.15, 0.2) is 0 Å². The molecule has 1 aromatic carbocycles. The number of nitriles is 1. The molecule has 2 aromatic rings. The average Bonchev–Trinajstić information content (AvgIpc) is 2.66. The van der Waals surface area contributed by atoms with Crippen molar-refractivity contribution in [3.05, 3.63) is 51.2 Å². The standard InChI is InChI=1S/C20H20ClF3N4O/c1-11-14(10-25)18(27-12(2)17(11)26)28-7-5-19(29,6-8-28)13-3-4-16(21)15(9-13)20(22,23)24/h3-4,9,29H,5-8,26H2,1-2H3. The highest BCUT2D eigenvalue weighted by molar-refractivity contribution is 6.31. The molecule has 0 atom stereocenters. The molecule has 0 spiro atoms. The number of aryl methyl sites for hydroxylation is 1. The van der Waals surface area contributed by atoms with Crippen LogP contribution >= 0.6 is 11.6 Å². The summed E-state index contributed by atoms with van der Waals surface area (Å²) in [5.41, 5.74) is 5.81. The number of pyridine rings is 1. The summed E-state index contributed by atoms with van der Waals surface area (Å²) in [6.45, 7) is 4.15. The lowest BCUT2D eigenvalue weighted by Crippen LogP contribution is -2.43. The number of anilines is 2. The van der Waals surface area contributed by atoms with Crippen molar-refractivity contribution in [2.75, 3.05) is 23.7 Å². The molecule has 0 unspecified atom stereocenters. The van der Waals surface area contributed by atoms with E-state index in [1.165, 1.54) is 6.07 Å². The Labute approximate surface area is 171 Å². The van der Waals surface area contributed by atoms with E-state index in [9.17, 15) is 23.5 Å². The quantitative estimate of drug-likeness (QED) is 0.750. The summed E-state index contributed by atoms with van der Waals surface area (Å²) in [5.74, 6) is 0.478. The monoisotopic (exact) mass is 424 g/mol. The van der Waals surface area contributed by atoms with E-state index in [0.29, 0.717) is 41.4 Å². The van der Waals surface area contributed by atoms with Gasteiger partial charge in [0.25, 0.3) is 0 Å². The SMILES string of the molecule is Cc1nc(N2CCC(O)(c3ccc(Cl)c(C(F)(F)F)c3)CC2)c(C#N)c(C)c1N. The van der Waals surface area contributed by atoms with Crippen molar-refractivity contribution >= 4 is 23.1 Å². The fourth-order valence-electron chi connectivity index (χ4n) is 3.62. The van der Waals surface area contributed by atoms with E-state index < -0.39 is 22.4 Å². The van der Waals surface area contributed by atoms with Crippen LogP contribution in [0.15, 0.2) is 18.2 Å². The zero-order chi connectivity index (χ0) is 21.6. The Hall–Kier alpha value is -2.50. The summed E-state index contributed by atoms with van der Waals surface area (Å²) in [4.78, 5) is 6.29. The Morgan fingerprint density at radius 1 is 1.28 bits per heavy atom. The molecule has 3 rings (SSSR count). The van der Waals surface area contributed by atoms with Crippen molar-refractivity contribution in [1.82, 2.24) is 4.98 Å². The van der Waals surface area contributed by atoms with Crippen LogP contribution in [0.5, 0.6) is 0 Å². The van der Waals surface area contributed by atoms with E-state index in [0.717, 1.165) is 12.1 Å². The van der Waals surface area contributed by atoms with E-state index >= 15 is 0 Å². The number of nitrogens with zero attached hydrogens (tertiary/aromatic N) is 3. The predicted molar refractivity (Wildman–Crippen MR) is 105 cm³/mol. The number of rotatable bonds is 2. The van der Waals surface area contributed by atoms with Crippen LogP contribution in [-0.4, -0.2) is 23.2 Å². The number of nitrogens with two attached hydrogens (primary N) is 1. The van der Waals surface area contributed by atoms with Gasteiger partial charge in [-0.05, 0) is 49.9 Å². The number of hydrogen-bond donors (Lipinski definition) is 2. The summed E-state index contributed by atoms with van der Waals surface area (Å²) >= 11 is 5.69. The van der Waals surface area contributed by atoms with Gasteiger partial charge in [-0.3, -0.25) is 0 Å². The first-order valence-electron chi connectivity index (χ1n) is 8.99. The topological polar surface area (TPSA) is 86.2 Å². The smallest absolute Gasteiger partial charge is 0.397 e. The van der Waals surface area contributed by atoms with Crippen molar-refractivity contribution in [3.8, 4) is 6.07 Å². The zero-order valence-corrected chi connectivity index (χ0v) is 16.7. The predicted octanol–water partition coefficient (Wildman–Crippen LogP) is 4.31. The molecule has 2 heterocycles. The molecule has 1 fully saturated rings. The molecular weight excluding hydrogens is 405 g/mol. The molecule has 5 nitrogen and oxygen atoms in total. The van der Waals surface area contributed by atoms with E-state index in [4.69, 9.17) is 17.3 Å². The highest BCUT2D eigenvalue weighted by Crippen LogP contribution is 2.41. The number of halogens is 4. The van der Waals surface area contributed by atoms with Crippen molar-refractivity contribution in [2.45, 2.75) is 38.5 Å². The van der Waals surface area contributed by atoms with Gasteiger partial charge in [0.2, 0.25) is 0 Å². The van der Waals surface area contributed by atoms with E-state index in [1.807, 2.05) is 4.90 Å². The first-order valence-corrected chi connectivity index (χ1v) is 9.37. The number of nitrogen functional groups attached to an aromatic ring is 1. The number of aromatic nitrogens is 1. The second kappa shape index (κ2) is 7.39. The minimum atomic E-state index is -4.60. The van der Waals surface area contributed by atoms with Gasteiger partial charge >= 0.3 is 6.18 Å². The first-order chi connectivity index (χ1) is 13.5. The van der Waals surface area contributed by atoms with Gasteiger partial charge in [0, 0.05) is 13.1 Å². The van der Waals surface area contributed by atoms with Gasteiger partial charge in [-0.15, -0.1) is 0 Å². The third kappa shape index (κ3) is 3.85. The summed E-state index contributed by atoms with van der Waals surface area (Å²) < 4.78 is 39.5. The summed E-state index contributed by atoms with van der Waals surface area (Å²) in [5, 5.41) is 20.1. The molecule has 1 aromatic heterocycles. The summed E-state index contributed by atoms with van der Waals surface area (Å²) in [7, 11) is 0. The Kier molecular flexibility index (Phi) is 5.41. The average molecular weight is 425 g/mol. The fraction of sp³-hybridized carbons (Fsp3) is 0.400. The maximum absolute atomic E-state index is 13.2. The molecule has 1 saturated heterocycles. The Bertz CT molecular complexity index is 993. The minimum absolute atomic E-state index is 0.173. The van der Waals surface area contributed by atoms with Gasteiger partial charge in [-0.1, -0.05) is 17.7 Å². The molecule has 1 aliphatic heterocycles. The largest absolute Gasteiger partial charge is 0.417 e. The van der Waals surface area contributed by atoms with Crippen LogP contribution in [-0.2, 0) is 11.8 Å². The number of benzene rings is 1. The highest BCUT2D eigenvalue weighted by Gasteiger charge is 2.39. The first kappa shape index (κ1) is 21.2. The Morgan fingerprint density at radius 2 is 1.90 bits per heavy atom. The van der Waals surface area contributed by atoms with Crippen LogP contribution in [0.4, 0.5) is 24.7 Å². The maximum Gasteiger partial charge on any atom is 0.417 e. The van der Waals surface area contributed by atoms with Crippen molar-refractivity contribution in [1.29, 1.82) is 5.26 Å². The third-order valence-electron chi connectivity index (χ3n) is 5.48. The summed E-state index contributed by atoms with van der Waals surface area (Å²) in [6, 6.07) is 5.62. The molecule has 0 saturated carbocycles. The molecule has 0 radical (unpaired) electrons. The molecule has 0 aliphatic carbocycles. The van der Waals surface area contributed by atoms with E-state index in [2.05, 4.69) is 11.1 Å². The second-order valence-corrected chi connectivity index (χ2v) is 7.66. The minimum Gasteiger partial charge on any atom is -0.397 e. The molecule has 29 heavy (non-hydrogen) atoms. The number of piperidine rings is 1. The van der Waals surface area contributed by atoms with Crippen molar-refractivity contribution < 1.29 is 18.3 Å². The number of hydrogen-bond acceptors (Lipinski definition) is 5. The molecule has 9 heteroatoms. The summed E-state index contributed by atoms with van der Waals surface area (Å²) in [6.07, 6.45) is -4.24. The van der Waals surface area contributed by atoms with Crippen LogP contribution in [0.25, 0.3) is 0 Å². The molecule has 3 N–H and O–H groups in total. The van der Waals surface area contributed by atoms with Gasteiger partial charge in [-0.2, -0.15) is 18.4 Å². The molecular formula is C20H20ClF3N4O. The van der Waals surface area contributed by atoms with Gasteiger partial charge in [0.05, 0.1) is 33.1 Å². The van der Waals surface area contributed by atoms with Crippen molar-refractivity contribution in [3.63, 3.8) is 0 Å². The van der Waals surface area contributed by atoms with Crippen LogP contribution in [0.3, 0.4) is 0 Å². The van der Waals surface area contributed by atoms with Crippen LogP contribution < -0.4 is 10.6 Å².